The third-order valence-corrected chi connectivity index (χ3v) is 2.33. The summed E-state index contributed by atoms with van der Waals surface area (Å²) in [5, 5.41) is 0. The van der Waals surface area contributed by atoms with Gasteiger partial charge in [-0.15, -0.1) is 0 Å². The van der Waals surface area contributed by atoms with Gasteiger partial charge >= 0.3 is 0 Å². The second-order valence-corrected chi connectivity index (χ2v) is 3.25. The molecule has 1 aromatic rings. The van der Waals surface area contributed by atoms with E-state index in [0.717, 1.165) is 11.8 Å². The molecule has 0 radical (unpaired) electrons. The van der Waals surface area contributed by atoms with Crippen LogP contribution in [0.3, 0.4) is 0 Å². The smallest absolute Gasteiger partial charge is 0.123 e. The molecule has 0 saturated carbocycles. The van der Waals surface area contributed by atoms with Crippen molar-refractivity contribution in [2.75, 3.05) is 6.54 Å². The van der Waals surface area contributed by atoms with Gasteiger partial charge in [0.15, 0.2) is 0 Å². The van der Waals surface area contributed by atoms with E-state index in [4.69, 9.17) is 5.73 Å². The molecule has 0 aliphatic heterocycles. The van der Waals surface area contributed by atoms with Crippen molar-refractivity contribution in [3.8, 4) is 0 Å². The number of nitrogens with two attached hydrogens (primary N) is 1. The van der Waals surface area contributed by atoms with Gasteiger partial charge in [0.05, 0.1) is 0 Å². The highest BCUT2D eigenvalue weighted by atomic mass is 16.1. The van der Waals surface area contributed by atoms with E-state index in [-0.39, 0.29) is 11.8 Å². The fraction of sp³-hybridized carbons (Fsp3) is 0.364. The van der Waals surface area contributed by atoms with Gasteiger partial charge in [-0.2, -0.15) is 0 Å². The van der Waals surface area contributed by atoms with Gasteiger partial charge in [0.2, 0.25) is 0 Å². The molecule has 0 aliphatic rings. The Morgan fingerprint density at radius 3 is 2.46 bits per heavy atom. The van der Waals surface area contributed by atoms with Crippen LogP contribution in [0.2, 0.25) is 0 Å². The lowest BCUT2D eigenvalue weighted by atomic mass is 9.88. The third kappa shape index (κ3) is 2.39. The average molecular weight is 177 g/mol. The molecule has 2 heteroatoms. The Bertz CT molecular complexity index is 258. The summed E-state index contributed by atoms with van der Waals surface area (Å²) in [6, 6.07) is 9.92. The van der Waals surface area contributed by atoms with E-state index in [1.165, 1.54) is 0 Å². The maximum absolute atomic E-state index is 10.6. The zero-order valence-electron chi connectivity index (χ0n) is 7.81. The largest absolute Gasteiger partial charge is 0.330 e. The maximum atomic E-state index is 10.6. The molecule has 0 spiro atoms. The van der Waals surface area contributed by atoms with Crippen LogP contribution in [0.15, 0.2) is 30.3 Å². The van der Waals surface area contributed by atoms with Gasteiger partial charge < -0.3 is 10.5 Å². The quantitative estimate of drug-likeness (QED) is 0.709. The van der Waals surface area contributed by atoms with Crippen LogP contribution >= 0.6 is 0 Å². The Hall–Kier alpha value is -1.15. The van der Waals surface area contributed by atoms with Gasteiger partial charge in [0.25, 0.3) is 0 Å². The minimum atomic E-state index is -0.00704. The van der Waals surface area contributed by atoms with Crippen molar-refractivity contribution in [3.05, 3.63) is 35.9 Å². The monoisotopic (exact) mass is 177 g/mol. The zero-order chi connectivity index (χ0) is 9.68. The van der Waals surface area contributed by atoms with E-state index in [1.807, 2.05) is 37.3 Å². The first-order valence-electron chi connectivity index (χ1n) is 4.50. The van der Waals surface area contributed by atoms with Gasteiger partial charge in [-0.25, -0.2) is 0 Å². The van der Waals surface area contributed by atoms with E-state index >= 15 is 0 Å². The summed E-state index contributed by atoms with van der Waals surface area (Å²) in [7, 11) is 0. The minimum absolute atomic E-state index is 0.00704. The minimum Gasteiger partial charge on any atom is -0.330 e. The van der Waals surface area contributed by atoms with E-state index in [1.54, 1.807) is 0 Å². The Morgan fingerprint density at radius 2 is 2.00 bits per heavy atom. The molecule has 13 heavy (non-hydrogen) atoms. The molecule has 70 valence electrons. The first kappa shape index (κ1) is 9.93. The van der Waals surface area contributed by atoms with Crippen molar-refractivity contribution < 1.29 is 4.79 Å². The van der Waals surface area contributed by atoms with Gasteiger partial charge in [0.1, 0.15) is 6.29 Å². The summed E-state index contributed by atoms with van der Waals surface area (Å²) in [4.78, 5) is 10.6. The number of carbonyl (C=O) groups excluding carboxylic acids is 1. The molecule has 1 aromatic carbocycles. The SMILES string of the molecule is C[C@H](C=O)[C@@H](CN)c1ccccc1. The Morgan fingerprint density at radius 1 is 1.38 bits per heavy atom. The van der Waals surface area contributed by atoms with Crippen LogP contribution < -0.4 is 5.73 Å². The zero-order valence-corrected chi connectivity index (χ0v) is 7.81. The highest BCUT2D eigenvalue weighted by Gasteiger charge is 2.16. The molecular formula is C11H15NO. The van der Waals surface area contributed by atoms with Crippen molar-refractivity contribution in [3.63, 3.8) is 0 Å². The molecule has 0 aromatic heterocycles. The second-order valence-electron chi connectivity index (χ2n) is 3.25. The molecule has 2 atom stereocenters. The lowest BCUT2D eigenvalue weighted by Gasteiger charge is -2.17. The van der Waals surface area contributed by atoms with Crippen molar-refractivity contribution in [1.82, 2.24) is 0 Å². The summed E-state index contributed by atoms with van der Waals surface area (Å²) in [6.45, 7) is 2.42. The van der Waals surface area contributed by atoms with Crippen molar-refractivity contribution >= 4 is 6.29 Å². The van der Waals surface area contributed by atoms with Crippen molar-refractivity contribution in [1.29, 1.82) is 0 Å². The molecule has 0 bridgehead atoms. The lowest BCUT2D eigenvalue weighted by molar-refractivity contribution is -0.111. The van der Waals surface area contributed by atoms with Crippen molar-refractivity contribution in [2.45, 2.75) is 12.8 Å². The van der Waals surface area contributed by atoms with Crippen LogP contribution in [0.1, 0.15) is 18.4 Å². The number of carbonyl (C=O) groups is 1. The molecule has 0 heterocycles. The van der Waals surface area contributed by atoms with Crippen LogP contribution in [0, 0.1) is 5.92 Å². The predicted octanol–water partition coefficient (Wildman–Crippen LogP) is 1.56. The van der Waals surface area contributed by atoms with Crippen LogP contribution in [0.5, 0.6) is 0 Å². The van der Waals surface area contributed by atoms with Crippen LogP contribution in [-0.2, 0) is 4.79 Å². The maximum Gasteiger partial charge on any atom is 0.123 e. The van der Waals surface area contributed by atoms with E-state index < -0.39 is 0 Å². The van der Waals surface area contributed by atoms with Gasteiger partial charge in [-0.3, -0.25) is 0 Å². The number of benzene rings is 1. The van der Waals surface area contributed by atoms with Crippen molar-refractivity contribution in [2.24, 2.45) is 11.7 Å². The highest BCUT2D eigenvalue weighted by Crippen LogP contribution is 2.21. The molecule has 2 N–H and O–H groups in total. The summed E-state index contributed by atoms with van der Waals surface area (Å²) < 4.78 is 0. The fourth-order valence-electron chi connectivity index (χ4n) is 1.45. The normalized spacial score (nSPS) is 14.9. The average Bonchev–Trinajstić information content (AvgIpc) is 2.20. The van der Waals surface area contributed by atoms with Gasteiger partial charge in [-0.05, 0) is 12.1 Å². The van der Waals surface area contributed by atoms with E-state index in [2.05, 4.69) is 0 Å². The predicted molar refractivity (Wildman–Crippen MR) is 53.5 cm³/mol. The number of aldehydes is 1. The summed E-state index contributed by atoms with van der Waals surface area (Å²) in [5.74, 6) is 0.145. The molecule has 0 saturated heterocycles. The third-order valence-electron chi connectivity index (χ3n) is 2.33. The van der Waals surface area contributed by atoms with Gasteiger partial charge in [0, 0.05) is 11.8 Å². The number of hydrogen-bond donors (Lipinski definition) is 1. The Labute approximate surface area is 78.8 Å². The molecule has 0 amide bonds. The second kappa shape index (κ2) is 4.77. The topological polar surface area (TPSA) is 43.1 Å². The molecule has 0 fully saturated rings. The summed E-state index contributed by atoms with van der Waals surface area (Å²) in [6.07, 6.45) is 0.963. The number of rotatable bonds is 4. The molecule has 2 nitrogen and oxygen atoms in total. The Kier molecular flexibility index (Phi) is 3.65. The summed E-state index contributed by atoms with van der Waals surface area (Å²) in [5.41, 5.74) is 6.77. The first-order chi connectivity index (χ1) is 6.29. The molecule has 0 unspecified atom stereocenters. The number of hydrogen-bond acceptors (Lipinski definition) is 2. The molecule has 1 rings (SSSR count). The van der Waals surface area contributed by atoms with E-state index in [9.17, 15) is 4.79 Å². The summed E-state index contributed by atoms with van der Waals surface area (Å²) >= 11 is 0. The fourth-order valence-corrected chi connectivity index (χ4v) is 1.45. The van der Waals surface area contributed by atoms with Crippen LogP contribution in [0.25, 0.3) is 0 Å². The standard InChI is InChI=1S/C11H15NO/c1-9(8-13)11(7-12)10-5-3-2-4-6-10/h2-6,8-9,11H,7,12H2,1H3/t9-,11-/m1/s1. The van der Waals surface area contributed by atoms with Crippen LogP contribution in [-0.4, -0.2) is 12.8 Å². The highest BCUT2D eigenvalue weighted by molar-refractivity contribution is 5.55. The van der Waals surface area contributed by atoms with E-state index in [0.29, 0.717) is 6.54 Å². The van der Waals surface area contributed by atoms with Crippen LogP contribution in [0.4, 0.5) is 0 Å². The molecular weight excluding hydrogens is 162 g/mol. The first-order valence-corrected chi connectivity index (χ1v) is 4.50. The lowest BCUT2D eigenvalue weighted by Crippen LogP contribution is -2.20. The molecule has 0 aliphatic carbocycles. The Balaban J connectivity index is 2.84. The van der Waals surface area contributed by atoms with Gasteiger partial charge in [-0.1, -0.05) is 37.3 Å².